The lowest BCUT2D eigenvalue weighted by atomic mass is 10.2. The monoisotopic (exact) mass is 401 g/mol. The van der Waals surface area contributed by atoms with Crippen LogP contribution in [0.1, 0.15) is 12.0 Å². The predicted molar refractivity (Wildman–Crippen MR) is 92.8 cm³/mol. The lowest BCUT2D eigenvalue weighted by Crippen LogP contribution is -2.38. The van der Waals surface area contributed by atoms with Gasteiger partial charge in [0.25, 0.3) is 5.91 Å². The Labute approximate surface area is 155 Å². The molecule has 0 unspecified atom stereocenters. The molecular weight excluding hydrogens is 386 g/mol. The molecule has 140 valence electrons. The fourth-order valence-corrected chi connectivity index (χ4v) is 4.56. The van der Waals surface area contributed by atoms with Crippen molar-refractivity contribution in [3.63, 3.8) is 0 Å². The summed E-state index contributed by atoms with van der Waals surface area (Å²) in [6.45, 7) is -0.400. The maximum absolute atomic E-state index is 11.7. The van der Waals surface area contributed by atoms with Crippen molar-refractivity contribution < 1.29 is 32.2 Å². The number of rotatable bonds is 5. The molecule has 2 heterocycles. The molecule has 2 aliphatic heterocycles. The molecule has 0 radical (unpaired) electrons. The number of benzene rings is 1. The molecule has 2 aliphatic rings. The summed E-state index contributed by atoms with van der Waals surface area (Å²) in [7, 11) is -3.08. The number of esters is 1. The largest absolute Gasteiger partial charge is 0.454 e. The lowest BCUT2D eigenvalue weighted by Gasteiger charge is -2.10. The molecule has 1 saturated heterocycles. The second-order valence-electron chi connectivity index (χ2n) is 5.85. The van der Waals surface area contributed by atoms with Crippen molar-refractivity contribution in [2.75, 3.05) is 24.9 Å². The van der Waals surface area contributed by atoms with Gasteiger partial charge >= 0.3 is 5.97 Å². The van der Waals surface area contributed by atoms with Crippen molar-refractivity contribution in [2.45, 2.75) is 12.5 Å². The molecule has 0 saturated carbocycles. The SMILES string of the molecule is O=C(COC(=O)/C=C/c1cc(Cl)c2c(c1)OCO2)N[C@H]1CCS(=O)(=O)C1. The van der Waals surface area contributed by atoms with E-state index in [0.29, 0.717) is 28.5 Å². The van der Waals surface area contributed by atoms with Crippen LogP contribution in [0.4, 0.5) is 0 Å². The molecule has 1 fully saturated rings. The van der Waals surface area contributed by atoms with Crippen LogP contribution in [0.15, 0.2) is 18.2 Å². The van der Waals surface area contributed by atoms with E-state index in [2.05, 4.69) is 5.32 Å². The van der Waals surface area contributed by atoms with E-state index in [-0.39, 0.29) is 18.3 Å². The highest BCUT2D eigenvalue weighted by molar-refractivity contribution is 7.91. The summed E-state index contributed by atoms with van der Waals surface area (Å²) in [5.74, 6) is -0.350. The van der Waals surface area contributed by atoms with E-state index in [1.807, 2.05) is 0 Å². The van der Waals surface area contributed by atoms with Crippen LogP contribution in [0, 0.1) is 0 Å². The Hall–Kier alpha value is -2.26. The average molecular weight is 402 g/mol. The Morgan fingerprint density at radius 1 is 1.35 bits per heavy atom. The number of carbonyl (C=O) groups excluding carboxylic acids is 2. The zero-order valence-electron chi connectivity index (χ0n) is 13.6. The van der Waals surface area contributed by atoms with Crippen LogP contribution in [0.5, 0.6) is 11.5 Å². The fraction of sp³-hybridized carbons (Fsp3) is 0.375. The summed E-state index contributed by atoms with van der Waals surface area (Å²) in [5, 5.41) is 2.89. The van der Waals surface area contributed by atoms with E-state index in [9.17, 15) is 18.0 Å². The molecule has 3 rings (SSSR count). The Kier molecular flexibility index (Phi) is 5.38. The Morgan fingerprint density at radius 2 is 2.15 bits per heavy atom. The quantitative estimate of drug-likeness (QED) is 0.577. The van der Waals surface area contributed by atoms with Gasteiger partial charge in [-0.1, -0.05) is 11.6 Å². The molecule has 10 heteroatoms. The minimum absolute atomic E-state index is 0.0541. The first-order valence-corrected chi connectivity index (χ1v) is 9.96. The summed E-state index contributed by atoms with van der Waals surface area (Å²) in [6.07, 6.45) is 2.99. The minimum Gasteiger partial charge on any atom is -0.454 e. The van der Waals surface area contributed by atoms with Gasteiger partial charge in [-0.3, -0.25) is 4.79 Å². The molecule has 1 atom stereocenters. The van der Waals surface area contributed by atoms with E-state index in [4.69, 9.17) is 25.8 Å². The zero-order chi connectivity index (χ0) is 18.7. The van der Waals surface area contributed by atoms with Crippen molar-refractivity contribution in [1.29, 1.82) is 0 Å². The Bertz CT molecular complexity index is 866. The number of halogens is 1. The number of carbonyl (C=O) groups is 2. The molecule has 1 N–H and O–H groups in total. The molecule has 0 spiro atoms. The Morgan fingerprint density at radius 3 is 2.88 bits per heavy atom. The number of amides is 1. The number of hydrogen-bond donors (Lipinski definition) is 1. The fourth-order valence-electron chi connectivity index (χ4n) is 2.61. The van der Waals surface area contributed by atoms with E-state index in [1.165, 1.54) is 6.08 Å². The lowest BCUT2D eigenvalue weighted by molar-refractivity contribution is -0.143. The Balaban J connectivity index is 1.47. The van der Waals surface area contributed by atoms with Crippen LogP contribution in [-0.4, -0.2) is 51.2 Å². The van der Waals surface area contributed by atoms with E-state index in [1.54, 1.807) is 12.1 Å². The van der Waals surface area contributed by atoms with Gasteiger partial charge in [0.1, 0.15) is 0 Å². The molecule has 1 aromatic rings. The van der Waals surface area contributed by atoms with Crippen LogP contribution >= 0.6 is 11.6 Å². The van der Waals surface area contributed by atoms with Gasteiger partial charge in [0.2, 0.25) is 6.79 Å². The summed E-state index contributed by atoms with van der Waals surface area (Å²) in [6, 6.07) is 2.83. The molecule has 0 aromatic heterocycles. The minimum atomic E-state index is -3.08. The molecule has 0 aliphatic carbocycles. The van der Waals surface area contributed by atoms with Crippen molar-refractivity contribution in [3.05, 3.63) is 28.8 Å². The third-order valence-electron chi connectivity index (χ3n) is 3.80. The van der Waals surface area contributed by atoms with E-state index in [0.717, 1.165) is 6.08 Å². The molecule has 26 heavy (non-hydrogen) atoms. The van der Waals surface area contributed by atoms with Gasteiger partial charge in [-0.05, 0) is 30.2 Å². The van der Waals surface area contributed by atoms with Gasteiger partial charge in [0.15, 0.2) is 27.9 Å². The van der Waals surface area contributed by atoms with Gasteiger partial charge in [0.05, 0.1) is 16.5 Å². The summed E-state index contributed by atoms with van der Waals surface area (Å²) >= 11 is 6.04. The van der Waals surface area contributed by atoms with Crippen molar-refractivity contribution >= 4 is 39.4 Å². The highest BCUT2D eigenvalue weighted by atomic mass is 35.5. The second kappa shape index (κ2) is 7.55. The van der Waals surface area contributed by atoms with E-state index < -0.39 is 34.4 Å². The maximum atomic E-state index is 11.7. The molecule has 0 bridgehead atoms. The third kappa shape index (κ3) is 4.67. The van der Waals surface area contributed by atoms with Gasteiger partial charge in [-0.2, -0.15) is 0 Å². The number of ether oxygens (including phenoxy) is 3. The van der Waals surface area contributed by atoms with Crippen LogP contribution in [0.3, 0.4) is 0 Å². The second-order valence-corrected chi connectivity index (χ2v) is 8.48. The first-order chi connectivity index (χ1) is 12.3. The highest BCUT2D eigenvalue weighted by Crippen LogP contribution is 2.40. The summed E-state index contributed by atoms with van der Waals surface area (Å²) in [4.78, 5) is 23.4. The molecule has 8 nitrogen and oxygen atoms in total. The predicted octanol–water partition coefficient (Wildman–Crippen LogP) is 0.928. The molecule has 1 aromatic carbocycles. The normalized spacial score (nSPS) is 20.3. The molecular formula is C16H16ClNO7S. The topological polar surface area (TPSA) is 108 Å². The summed E-state index contributed by atoms with van der Waals surface area (Å²) < 4.78 is 37.9. The van der Waals surface area contributed by atoms with Crippen molar-refractivity contribution in [3.8, 4) is 11.5 Å². The average Bonchev–Trinajstić information content (AvgIpc) is 3.17. The number of fused-ring (bicyclic) bond motifs is 1. The van der Waals surface area contributed by atoms with Gasteiger partial charge in [-0.15, -0.1) is 0 Å². The first-order valence-electron chi connectivity index (χ1n) is 7.76. The van der Waals surface area contributed by atoms with Crippen LogP contribution in [-0.2, 0) is 24.2 Å². The zero-order valence-corrected chi connectivity index (χ0v) is 15.1. The maximum Gasteiger partial charge on any atom is 0.331 e. The number of nitrogens with one attached hydrogen (secondary N) is 1. The molecule has 1 amide bonds. The number of hydrogen-bond acceptors (Lipinski definition) is 7. The third-order valence-corrected chi connectivity index (χ3v) is 5.85. The first kappa shape index (κ1) is 18.5. The summed E-state index contributed by atoms with van der Waals surface area (Å²) in [5.41, 5.74) is 0.608. The number of sulfone groups is 1. The highest BCUT2D eigenvalue weighted by Gasteiger charge is 2.29. The smallest absolute Gasteiger partial charge is 0.331 e. The van der Waals surface area contributed by atoms with Crippen molar-refractivity contribution in [1.82, 2.24) is 5.32 Å². The standard InChI is InChI=1S/C16H16ClNO7S/c17-12-5-10(6-13-16(12)25-9-24-13)1-2-15(20)23-7-14(19)18-11-3-4-26(21,22)8-11/h1-2,5-6,11H,3-4,7-9H2,(H,18,19)/b2-1+/t11-/m0/s1. The van der Waals surface area contributed by atoms with Crippen LogP contribution < -0.4 is 14.8 Å². The van der Waals surface area contributed by atoms with Gasteiger partial charge < -0.3 is 19.5 Å². The van der Waals surface area contributed by atoms with Crippen molar-refractivity contribution in [2.24, 2.45) is 0 Å². The van der Waals surface area contributed by atoms with E-state index >= 15 is 0 Å². The van der Waals surface area contributed by atoms with Crippen LogP contribution in [0.2, 0.25) is 5.02 Å². The van der Waals surface area contributed by atoms with Crippen LogP contribution in [0.25, 0.3) is 6.08 Å². The van der Waals surface area contributed by atoms with Gasteiger partial charge in [-0.25, -0.2) is 13.2 Å². The van der Waals surface area contributed by atoms with Gasteiger partial charge in [0, 0.05) is 12.1 Å².